The zero-order valence-electron chi connectivity index (χ0n) is 19.7. The molecule has 0 aliphatic rings. The van der Waals surface area contributed by atoms with E-state index in [1.165, 1.54) is 6.08 Å². The lowest BCUT2D eigenvalue weighted by Crippen LogP contribution is -2.68. The van der Waals surface area contributed by atoms with Crippen LogP contribution in [0.3, 0.4) is 0 Å². The maximum absolute atomic E-state index is 11.0. The number of hydrogen-bond acceptors (Lipinski definition) is 4. The van der Waals surface area contributed by atoms with Gasteiger partial charge in [0.25, 0.3) is 0 Å². The molecular weight excluding hydrogens is 432 g/mol. The number of aliphatic carboxylic acids is 1. The third-order valence-electron chi connectivity index (χ3n) is 5.57. The summed E-state index contributed by atoms with van der Waals surface area (Å²) in [6.45, 7) is 6.59. The molecule has 0 heterocycles. The van der Waals surface area contributed by atoms with Crippen molar-refractivity contribution in [1.29, 1.82) is 0 Å². The van der Waals surface area contributed by atoms with E-state index in [2.05, 4.69) is 45.0 Å². The Morgan fingerprint density at radius 2 is 1.30 bits per heavy atom. The van der Waals surface area contributed by atoms with Crippen molar-refractivity contribution in [2.75, 3.05) is 14.2 Å². The molecule has 3 aromatic rings. The van der Waals surface area contributed by atoms with Gasteiger partial charge in [-0.15, -0.1) is 0 Å². The second kappa shape index (κ2) is 9.96. The van der Waals surface area contributed by atoms with E-state index >= 15 is 0 Å². The van der Waals surface area contributed by atoms with Gasteiger partial charge >= 0.3 is 14.3 Å². The van der Waals surface area contributed by atoms with Crippen molar-refractivity contribution in [2.24, 2.45) is 0 Å². The van der Waals surface area contributed by atoms with Crippen LogP contribution in [-0.4, -0.2) is 33.6 Å². The highest BCUT2D eigenvalue weighted by Gasteiger charge is 2.52. The monoisotopic (exact) mass is 462 g/mol. The van der Waals surface area contributed by atoms with Crippen molar-refractivity contribution in [3.05, 3.63) is 84.4 Å². The molecule has 33 heavy (non-hydrogen) atoms. The second-order valence-electron chi connectivity index (χ2n) is 8.69. The summed E-state index contributed by atoms with van der Waals surface area (Å²) in [5, 5.41) is 11.0. The quantitative estimate of drug-likeness (QED) is 0.387. The van der Waals surface area contributed by atoms with Gasteiger partial charge in [0.05, 0.1) is 14.2 Å². The second-order valence-corrected chi connectivity index (χ2v) is 12.9. The van der Waals surface area contributed by atoms with Crippen LogP contribution in [0, 0.1) is 0 Å². The van der Waals surface area contributed by atoms with Crippen LogP contribution >= 0.6 is 0 Å². The van der Waals surface area contributed by atoms with E-state index < -0.39 is 14.3 Å². The van der Waals surface area contributed by atoms with Gasteiger partial charge < -0.3 is 19.0 Å². The molecule has 172 valence electrons. The lowest BCUT2D eigenvalue weighted by atomic mass is 10.1. The van der Waals surface area contributed by atoms with Crippen molar-refractivity contribution < 1.29 is 23.8 Å². The summed E-state index contributed by atoms with van der Waals surface area (Å²) in [7, 11) is 0.223. The predicted octanol–water partition coefficient (Wildman–Crippen LogP) is 4.74. The average molecular weight is 463 g/mol. The maximum Gasteiger partial charge on any atom is 0.328 e. The summed E-state index contributed by atoms with van der Waals surface area (Å²) >= 11 is 0. The van der Waals surface area contributed by atoms with Crippen molar-refractivity contribution >= 4 is 30.7 Å². The molecule has 0 amide bonds. The Morgan fingerprint density at radius 3 is 1.67 bits per heavy atom. The molecule has 6 heteroatoms. The number of rotatable bonds is 8. The summed E-state index contributed by atoms with van der Waals surface area (Å²) < 4.78 is 18.5. The number of hydrogen-bond donors (Lipinski definition) is 1. The summed E-state index contributed by atoms with van der Waals surface area (Å²) in [6, 6.07) is 24.1. The normalized spacial score (nSPS) is 11.9. The highest BCUT2D eigenvalue weighted by molar-refractivity contribution is 7.00. The number of benzene rings is 3. The Balaban J connectivity index is 2.29. The molecule has 0 saturated heterocycles. The molecule has 0 aliphatic heterocycles. The largest absolute Gasteiger partial charge is 0.529 e. The average Bonchev–Trinajstić information content (AvgIpc) is 2.81. The maximum atomic E-state index is 11.0. The van der Waals surface area contributed by atoms with Gasteiger partial charge in [0, 0.05) is 6.08 Å². The Hall–Kier alpha value is -3.51. The molecular formula is C27H30O5Si. The van der Waals surface area contributed by atoms with Gasteiger partial charge in [0.15, 0.2) is 17.2 Å². The summed E-state index contributed by atoms with van der Waals surface area (Å²) in [5.41, 5.74) is 0.640. The van der Waals surface area contributed by atoms with Crippen molar-refractivity contribution in [2.45, 2.75) is 25.8 Å². The first-order valence-corrected chi connectivity index (χ1v) is 12.6. The minimum Gasteiger partial charge on any atom is -0.529 e. The van der Waals surface area contributed by atoms with E-state index in [0.717, 1.165) is 16.4 Å². The van der Waals surface area contributed by atoms with Crippen molar-refractivity contribution in [3.63, 3.8) is 0 Å². The van der Waals surface area contributed by atoms with Crippen LogP contribution in [0.25, 0.3) is 6.08 Å². The minimum absolute atomic E-state index is 0.242. The van der Waals surface area contributed by atoms with E-state index in [-0.39, 0.29) is 5.04 Å². The molecule has 3 rings (SSSR count). The molecule has 0 bridgehead atoms. The molecule has 0 unspecified atom stereocenters. The predicted molar refractivity (Wildman–Crippen MR) is 134 cm³/mol. The van der Waals surface area contributed by atoms with Crippen LogP contribution in [0.1, 0.15) is 26.3 Å². The fourth-order valence-corrected chi connectivity index (χ4v) is 8.51. The fourth-order valence-electron chi connectivity index (χ4n) is 4.07. The van der Waals surface area contributed by atoms with Crippen molar-refractivity contribution in [1.82, 2.24) is 0 Å². The number of ether oxygens (including phenoxy) is 2. The third-order valence-corrected chi connectivity index (χ3v) is 10.5. The molecule has 0 atom stereocenters. The Kier molecular flexibility index (Phi) is 7.28. The summed E-state index contributed by atoms with van der Waals surface area (Å²) in [4.78, 5) is 11.0. The highest BCUT2D eigenvalue weighted by Crippen LogP contribution is 2.45. The Bertz CT molecular complexity index is 1050. The fraction of sp³-hybridized carbons (Fsp3) is 0.222. The lowest BCUT2D eigenvalue weighted by molar-refractivity contribution is -0.131. The number of carbonyl (C=O) groups is 1. The van der Waals surface area contributed by atoms with E-state index in [0.29, 0.717) is 22.8 Å². The zero-order valence-corrected chi connectivity index (χ0v) is 20.7. The van der Waals surface area contributed by atoms with Gasteiger partial charge in [-0.1, -0.05) is 81.4 Å². The number of methoxy groups -OCH3 is 2. The van der Waals surface area contributed by atoms with E-state index in [1.54, 1.807) is 26.4 Å². The van der Waals surface area contributed by atoms with Crippen molar-refractivity contribution in [3.8, 4) is 17.2 Å². The van der Waals surface area contributed by atoms with Gasteiger partial charge in [-0.2, -0.15) is 0 Å². The molecule has 0 aliphatic carbocycles. The van der Waals surface area contributed by atoms with Crippen LogP contribution in [0.2, 0.25) is 5.04 Å². The molecule has 0 radical (unpaired) electrons. The molecule has 0 aromatic heterocycles. The first kappa shape index (κ1) is 24.1. The van der Waals surface area contributed by atoms with Crippen LogP contribution < -0.4 is 24.3 Å². The van der Waals surface area contributed by atoms with Gasteiger partial charge in [0.1, 0.15) is 0 Å². The number of carboxylic acid groups (broad SMARTS) is 1. The summed E-state index contributed by atoms with van der Waals surface area (Å²) in [6.07, 6.45) is 2.58. The highest BCUT2D eigenvalue weighted by atomic mass is 28.4. The van der Waals surface area contributed by atoms with Crippen LogP contribution in [0.5, 0.6) is 17.2 Å². The lowest BCUT2D eigenvalue weighted by Gasteiger charge is -2.43. The summed E-state index contributed by atoms with van der Waals surface area (Å²) in [5.74, 6) is 0.432. The van der Waals surface area contributed by atoms with Crippen LogP contribution in [0.4, 0.5) is 0 Å². The Labute approximate surface area is 196 Å². The molecule has 0 fully saturated rings. The van der Waals surface area contributed by atoms with Gasteiger partial charge in [-0.3, -0.25) is 0 Å². The van der Waals surface area contributed by atoms with Gasteiger partial charge in [0.2, 0.25) is 0 Å². The van der Waals surface area contributed by atoms with Crippen LogP contribution in [-0.2, 0) is 4.79 Å². The minimum atomic E-state index is -2.91. The zero-order chi connectivity index (χ0) is 24.1. The van der Waals surface area contributed by atoms with Gasteiger partial charge in [-0.05, 0) is 39.2 Å². The molecule has 5 nitrogen and oxygen atoms in total. The van der Waals surface area contributed by atoms with Gasteiger partial charge in [-0.25, -0.2) is 4.79 Å². The molecule has 0 saturated carbocycles. The molecule has 1 N–H and O–H groups in total. The smallest absolute Gasteiger partial charge is 0.328 e. The van der Waals surface area contributed by atoms with E-state index in [9.17, 15) is 4.79 Å². The Morgan fingerprint density at radius 1 is 0.848 bits per heavy atom. The van der Waals surface area contributed by atoms with Crippen LogP contribution in [0.15, 0.2) is 78.9 Å². The first-order valence-electron chi connectivity index (χ1n) is 10.7. The third kappa shape index (κ3) is 4.96. The standard InChI is InChI=1S/C27H30O5Si/c1-27(2,3)33(21-12-8-6-9-13-21,22-14-10-7-11-15-22)32-26-23(30-4)18-20(16-17-25(28)29)19-24(26)31-5/h6-19H,1-5H3,(H,28,29). The number of carboxylic acids is 1. The topological polar surface area (TPSA) is 65.0 Å². The van der Waals surface area contributed by atoms with E-state index in [1.807, 2.05) is 36.4 Å². The van der Waals surface area contributed by atoms with E-state index in [4.69, 9.17) is 19.0 Å². The molecule has 0 spiro atoms. The first-order chi connectivity index (χ1) is 15.7. The SMILES string of the molecule is COc1cc(C=CC(=O)O)cc(OC)c1O[Si](c1ccccc1)(c1ccccc1)C(C)(C)C. The molecule has 3 aromatic carbocycles.